The summed E-state index contributed by atoms with van der Waals surface area (Å²) in [6.45, 7) is 12.5. The van der Waals surface area contributed by atoms with Crippen molar-refractivity contribution in [2.75, 3.05) is 39.8 Å². The molecule has 2 atom stereocenters. The van der Waals surface area contributed by atoms with Gasteiger partial charge in [-0.1, -0.05) is 26.8 Å². The van der Waals surface area contributed by atoms with E-state index in [1.165, 1.54) is 37.4 Å². The van der Waals surface area contributed by atoms with Crippen LogP contribution in [0.1, 0.15) is 44.4 Å². The molecule has 1 aromatic heterocycles. The van der Waals surface area contributed by atoms with E-state index in [0.29, 0.717) is 5.92 Å². The molecule has 2 rings (SSSR count). The number of piperidine rings is 1. The van der Waals surface area contributed by atoms with Gasteiger partial charge in [0.2, 0.25) is 0 Å². The average molecular weight is 351 g/mol. The van der Waals surface area contributed by atoms with Crippen LogP contribution in [0.3, 0.4) is 0 Å². The van der Waals surface area contributed by atoms with Crippen LogP contribution in [0.25, 0.3) is 0 Å². The molecule has 0 spiro atoms. The van der Waals surface area contributed by atoms with Crippen molar-refractivity contribution >= 4 is 17.3 Å². The Kier molecular flexibility index (Phi) is 8.06. The first-order chi connectivity index (χ1) is 11.6. The van der Waals surface area contributed by atoms with Gasteiger partial charge < -0.3 is 15.5 Å². The normalized spacial score (nSPS) is 21.0. The minimum absolute atomic E-state index is 0.514. The summed E-state index contributed by atoms with van der Waals surface area (Å²) >= 11 is 1.83. The second kappa shape index (κ2) is 10.0. The first kappa shape index (κ1) is 19.3. The molecule has 5 heteroatoms. The zero-order valence-corrected chi connectivity index (χ0v) is 16.5. The molecule has 1 fully saturated rings. The lowest BCUT2D eigenvalue weighted by Gasteiger charge is -2.34. The van der Waals surface area contributed by atoms with Crippen LogP contribution in [-0.4, -0.2) is 50.6 Å². The largest absolute Gasteiger partial charge is 0.356 e. The van der Waals surface area contributed by atoms with Crippen LogP contribution in [0, 0.1) is 11.8 Å². The zero-order chi connectivity index (χ0) is 17.4. The number of thiophene rings is 1. The fourth-order valence-electron chi connectivity index (χ4n) is 3.38. The molecular weight excluding hydrogens is 316 g/mol. The van der Waals surface area contributed by atoms with Crippen LogP contribution in [0.2, 0.25) is 0 Å². The Morgan fingerprint density at radius 3 is 2.88 bits per heavy atom. The second-order valence-electron chi connectivity index (χ2n) is 7.41. The van der Waals surface area contributed by atoms with E-state index in [4.69, 9.17) is 0 Å². The molecule has 0 aliphatic carbocycles. The van der Waals surface area contributed by atoms with Crippen molar-refractivity contribution < 1.29 is 0 Å². The SMILES string of the molecule is CN=C(NCC1CCCN(CC(C)C)C1)NCC(C)c1cccs1. The number of guanidine groups is 1. The monoisotopic (exact) mass is 350 g/mol. The molecule has 2 heterocycles. The van der Waals surface area contributed by atoms with Crippen molar-refractivity contribution in [3.8, 4) is 0 Å². The molecule has 2 N–H and O–H groups in total. The van der Waals surface area contributed by atoms with Gasteiger partial charge in [0, 0.05) is 44.0 Å². The number of hydrogen-bond acceptors (Lipinski definition) is 3. The Balaban J connectivity index is 1.71. The Morgan fingerprint density at radius 1 is 1.38 bits per heavy atom. The summed E-state index contributed by atoms with van der Waals surface area (Å²) in [5.74, 6) is 2.93. The van der Waals surface area contributed by atoms with E-state index < -0.39 is 0 Å². The third-order valence-electron chi connectivity index (χ3n) is 4.61. The van der Waals surface area contributed by atoms with Crippen molar-refractivity contribution in [2.24, 2.45) is 16.8 Å². The molecule has 1 aromatic rings. The van der Waals surface area contributed by atoms with E-state index in [2.05, 4.69) is 58.8 Å². The maximum absolute atomic E-state index is 4.38. The fraction of sp³-hybridized carbons (Fsp3) is 0.737. The number of hydrogen-bond donors (Lipinski definition) is 2. The molecular formula is C19H34N4S. The summed E-state index contributed by atoms with van der Waals surface area (Å²) in [6.07, 6.45) is 2.64. The quantitative estimate of drug-likeness (QED) is 0.585. The first-order valence-electron chi connectivity index (χ1n) is 9.28. The molecule has 0 saturated carbocycles. The number of likely N-dealkylation sites (tertiary alicyclic amines) is 1. The lowest BCUT2D eigenvalue weighted by atomic mass is 9.97. The number of nitrogens with zero attached hydrogens (tertiary/aromatic N) is 2. The van der Waals surface area contributed by atoms with Gasteiger partial charge in [0.25, 0.3) is 0 Å². The summed E-state index contributed by atoms with van der Waals surface area (Å²) < 4.78 is 0. The molecule has 0 amide bonds. The predicted octanol–water partition coefficient (Wildman–Crippen LogP) is 3.38. The van der Waals surface area contributed by atoms with Gasteiger partial charge in [0.05, 0.1) is 0 Å². The van der Waals surface area contributed by atoms with Gasteiger partial charge >= 0.3 is 0 Å². The molecule has 0 bridgehead atoms. The van der Waals surface area contributed by atoms with Crippen molar-refractivity contribution in [2.45, 2.75) is 39.5 Å². The summed E-state index contributed by atoms with van der Waals surface area (Å²) in [5.41, 5.74) is 0. The standard InChI is InChI=1S/C19H34N4S/c1-15(2)13-23-9-5-7-17(14-23)12-22-19(20-4)21-11-16(3)18-8-6-10-24-18/h6,8,10,15-17H,5,7,9,11-14H2,1-4H3,(H2,20,21,22). The maximum Gasteiger partial charge on any atom is 0.191 e. The van der Waals surface area contributed by atoms with Crippen molar-refractivity contribution in [1.82, 2.24) is 15.5 Å². The van der Waals surface area contributed by atoms with Crippen molar-refractivity contribution in [3.63, 3.8) is 0 Å². The Labute approximate surface area is 151 Å². The van der Waals surface area contributed by atoms with Gasteiger partial charge in [-0.05, 0) is 42.7 Å². The van der Waals surface area contributed by atoms with E-state index in [-0.39, 0.29) is 0 Å². The number of nitrogens with one attached hydrogen (secondary N) is 2. The highest BCUT2D eigenvalue weighted by Crippen LogP contribution is 2.19. The highest BCUT2D eigenvalue weighted by molar-refractivity contribution is 7.10. The van der Waals surface area contributed by atoms with Gasteiger partial charge in [-0.3, -0.25) is 4.99 Å². The maximum atomic E-state index is 4.38. The topological polar surface area (TPSA) is 39.7 Å². The van der Waals surface area contributed by atoms with Gasteiger partial charge in [0.15, 0.2) is 5.96 Å². The third-order valence-corrected chi connectivity index (χ3v) is 5.72. The predicted molar refractivity (Wildman–Crippen MR) is 106 cm³/mol. The molecule has 24 heavy (non-hydrogen) atoms. The summed E-state index contributed by atoms with van der Waals surface area (Å²) in [4.78, 5) is 8.42. The van der Waals surface area contributed by atoms with Crippen molar-refractivity contribution in [3.05, 3.63) is 22.4 Å². The third kappa shape index (κ3) is 6.44. The lowest BCUT2D eigenvalue weighted by Crippen LogP contribution is -2.45. The molecule has 1 aliphatic heterocycles. The lowest BCUT2D eigenvalue weighted by molar-refractivity contribution is 0.159. The van der Waals surface area contributed by atoms with E-state index in [1.54, 1.807) is 0 Å². The Morgan fingerprint density at radius 2 is 2.21 bits per heavy atom. The van der Waals surface area contributed by atoms with Crippen LogP contribution in [0.15, 0.2) is 22.5 Å². The summed E-state index contributed by atoms with van der Waals surface area (Å²) in [5, 5.41) is 9.15. The van der Waals surface area contributed by atoms with E-state index >= 15 is 0 Å². The highest BCUT2D eigenvalue weighted by atomic mass is 32.1. The smallest absolute Gasteiger partial charge is 0.191 e. The van der Waals surface area contributed by atoms with Crippen LogP contribution in [0.5, 0.6) is 0 Å². The van der Waals surface area contributed by atoms with E-state index in [0.717, 1.165) is 30.9 Å². The minimum Gasteiger partial charge on any atom is -0.356 e. The molecule has 1 saturated heterocycles. The Hall–Kier alpha value is -1.07. The van der Waals surface area contributed by atoms with Gasteiger partial charge in [-0.2, -0.15) is 0 Å². The van der Waals surface area contributed by atoms with Gasteiger partial charge in [0.1, 0.15) is 0 Å². The van der Waals surface area contributed by atoms with Crippen LogP contribution < -0.4 is 10.6 Å². The minimum atomic E-state index is 0.514. The van der Waals surface area contributed by atoms with E-state index in [1.807, 2.05) is 18.4 Å². The Bertz CT molecular complexity index is 484. The van der Waals surface area contributed by atoms with Crippen molar-refractivity contribution in [1.29, 1.82) is 0 Å². The van der Waals surface area contributed by atoms with E-state index in [9.17, 15) is 0 Å². The molecule has 136 valence electrons. The van der Waals surface area contributed by atoms with Crippen LogP contribution in [-0.2, 0) is 0 Å². The number of aliphatic imine (C=N–C) groups is 1. The molecule has 0 aromatic carbocycles. The molecule has 2 unspecified atom stereocenters. The van der Waals surface area contributed by atoms with Gasteiger partial charge in [-0.15, -0.1) is 11.3 Å². The first-order valence-corrected chi connectivity index (χ1v) is 10.2. The highest BCUT2D eigenvalue weighted by Gasteiger charge is 2.20. The van der Waals surface area contributed by atoms with Crippen LogP contribution in [0.4, 0.5) is 0 Å². The average Bonchev–Trinajstić information content (AvgIpc) is 3.09. The molecule has 4 nitrogen and oxygen atoms in total. The molecule has 0 radical (unpaired) electrons. The van der Waals surface area contributed by atoms with Gasteiger partial charge in [-0.25, -0.2) is 0 Å². The zero-order valence-electron chi connectivity index (χ0n) is 15.7. The van der Waals surface area contributed by atoms with Crippen LogP contribution >= 0.6 is 11.3 Å². The summed E-state index contributed by atoms with van der Waals surface area (Å²) in [6, 6.07) is 4.33. The fourth-order valence-corrected chi connectivity index (χ4v) is 4.17. The number of rotatable bonds is 7. The summed E-state index contributed by atoms with van der Waals surface area (Å²) in [7, 11) is 1.86. The second-order valence-corrected chi connectivity index (χ2v) is 8.39. The molecule has 1 aliphatic rings.